The molecule has 138 valence electrons. The van der Waals surface area contributed by atoms with E-state index in [0.717, 1.165) is 42.7 Å². The minimum Gasteiger partial charge on any atom is -0.339 e. The molecular weight excluding hydrogens is 324 g/mol. The van der Waals surface area contributed by atoms with Gasteiger partial charge in [0.25, 0.3) is 11.8 Å². The predicted octanol–water partition coefficient (Wildman–Crippen LogP) is 4.82. The molecule has 0 aliphatic carbocycles. The quantitative estimate of drug-likeness (QED) is 0.777. The Morgan fingerprint density at radius 2 is 1.58 bits per heavy atom. The summed E-state index contributed by atoms with van der Waals surface area (Å²) < 4.78 is 0. The molecule has 0 aromatic heterocycles. The van der Waals surface area contributed by atoms with Crippen LogP contribution in [-0.4, -0.2) is 29.8 Å². The first-order chi connectivity index (χ1) is 12.5. The highest BCUT2D eigenvalue weighted by molar-refractivity contribution is 6.06. The topological polar surface area (TPSA) is 49.4 Å². The number of hydrogen-bond donors (Lipinski definition) is 1. The average Bonchev–Trinajstić information content (AvgIpc) is 2.64. The fraction of sp³-hybridized carbons (Fsp3) is 0.364. The Morgan fingerprint density at radius 3 is 2.23 bits per heavy atom. The maximum Gasteiger partial charge on any atom is 0.255 e. The van der Waals surface area contributed by atoms with Crippen LogP contribution < -0.4 is 5.32 Å². The van der Waals surface area contributed by atoms with Crippen LogP contribution in [0, 0.1) is 13.8 Å². The van der Waals surface area contributed by atoms with Gasteiger partial charge in [-0.15, -0.1) is 0 Å². The van der Waals surface area contributed by atoms with Gasteiger partial charge in [0.05, 0.1) is 0 Å². The molecule has 0 aliphatic heterocycles. The zero-order valence-electron chi connectivity index (χ0n) is 16.1. The lowest BCUT2D eigenvalue weighted by molar-refractivity contribution is 0.0755. The van der Waals surface area contributed by atoms with Crippen molar-refractivity contribution in [2.24, 2.45) is 0 Å². The lowest BCUT2D eigenvalue weighted by Gasteiger charge is -2.21. The van der Waals surface area contributed by atoms with E-state index in [2.05, 4.69) is 19.2 Å². The van der Waals surface area contributed by atoms with Gasteiger partial charge in [-0.1, -0.05) is 32.0 Å². The van der Waals surface area contributed by atoms with Crippen molar-refractivity contribution in [3.05, 3.63) is 64.7 Å². The van der Waals surface area contributed by atoms with Gasteiger partial charge in [0.15, 0.2) is 0 Å². The molecule has 0 fully saturated rings. The van der Waals surface area contributed by atoms with E-state index < -0.39 is 0 Å². The Morgan fingerprint density at radius 1 is 0.923 bits per heavy atom. The van der Waals surface area contributed by atoms with E-state index in [4.69, 9.17) is 0 Å². The second-order valence-corrected chi connectivity index (χ2v) is 6.65. The zero-order chi connectivity index (χ0) is 19.1. The molecule has 0 spiro atoms. The van der Waals surface area contributed by atoms with Gasteiger partial charge in [-0.25, -0.2) is 0 Å². The van der Waals surface area contributed by atoms with E-state index >= 15 is 0 Å². The molecule has 4 heteroatoms. The largest absolute Gasteiger partial charge is 0.339 e. The first kappa shape index (κ1) is 19.7. The van der Waals surface area contributed by atoms with Crippen LogP contribution in [0.5, 0.6) is 0 Å². The molecule has 1 N–H and O–H groups in total. The molecule has 0 unspecified atom stereocenters. The summed E-state index contributed by atoms with van der Waals surface area (Å²) in [4.78, 5) is 27.2. The Balaban J connectivity index is 2.21. The van der Waals surface area contributed by atoms with E-state index in [9.17, 15) is 9.59 Å². The Kier molecular flexibility index (Phi) is 6.96. The third-order valence-corrected chi connectivity index (χ3v) is 4.29. The van der Waals surface area contributed by atoms with E-state index in [1.54, 1.807) is 24.3 Å². The third kappa shape index (κ3) is 4.94. The molecule has 0 bridgehead atoms. The summed E-state index contributed by atoms with van der Waals surface area (Å²) in [6.07, 6.45) is 1.83. The van der Waals surface area contributed by atoms with Crippen molar-refractivity contribution in [1.29, 1.82) is 0 Å². The van der Waals surface area contributed by atoms with Crippen LogP contribution in [0.1, 0.15) is 58.5 Å². The van der Waals surface area contributed by atoms with Crippen molar-refractivity contribution in [1.82, 2.24) is 4.90 Å². The van der Waals surface area contributed by atoms with Crippen LogP contribution in [0.3, 0.4) is 0 Å². The average molecular weight is 352 g/mol. The number of carbonyl (C=O) groups is 2. The Hall–Kier alpha value is -2.62. The summed E-state index contributed by atoms with van der Waals surface area (Å²) in [5.41, 5.74) is 3.94. The highest BCUT2D eigenvalue weighted by Gasteiger charge is 2.16. The van der Waals surface area contributed by atoms with Crippen LogP contribution in [-0.2, 0) is 0 Å². The molecule has 2 aromatic rings. The Bertz CT molecular complexity index is 777. The minimum absolute atomic E-state index is 0.0184. The number of aryl methyl sites for hydroxylation is 2. The molecule has 0 atom stereocenters. The second kappa shape index (κ2) is 9.18. The zero-order valence-corrected chi connectivity index (χ0v) is 16.1. The molecule has 0 aliphatic rings. The van der Waals surface area contributed by atoms with Crippen LogP contribution in [0.4, 0.5) is 5.69 Å². The standard InChI is InChI=1S/C22H28N2O2/c1-5-12-24(13-6-2)22(26)19-9-7-8-18(15-19)21(25)23-20-14-16(3)10-11-17(20)4/h7-11,14-15H,5-6,12-13H2,1-4H3,(H,23,25). The van der Waals surface area contributed by atoms with Crippen molar-refractivity contribution in [2.75, 3.05) is 18.4 Å². The maximum absolute atomic E-state index is 12.8. The molecule has 26 heavy (non-hydrogen) atoms. The third-order valence-electron chi connectivity index (χ3n) is 4.29. The highest BCUT2D eigenvalue weighted by Crippen LogP contribution is 2.18. The smallest absolute Gasteiger partial charge is 0.255 e. The van der Waals surface area contributed by atoms with Gasteiger partial charge in [-0.3, -0.25) is 9.59 Å². The molecule has 0 radical (unpaired) electrons. The van der Waals surface area contributed by atoms with Gasteiger partial charge >= 0.3 is 0 Å². The SMILES string of the molecule is CCCN(CCC)C(=O)c1cccc(C(=O)Nc2cc(C)ccc2C)c1. The normalized spacial score (nSPS) is 10.5. The molecule has 2 aromatic carbocycles. The maximum atomic E-state index is 12.8. The van der Waals surface area contributed by atoms with Crippen LogP contribution in [0.15, 0.2) is 42.5 Å². The summed E-state index contributed by atoms with van der Waals surface area (Å²) in [5, 5.41) is 2.95. The summed E-state index contributed by atoms with van der Waals surface area (Å²) in [6.45, 7) is 9.53. The summed E-state index contributed by atoms with van der Waals surface area (Å²) in [6, 6.07) is 12.9. The predicted molar refractivity (Wildman–Crippen MR) is 107 cm³/mol. The van der Waals surface area contributed by atoms with Crippen molar-refractivity contribution in [3.8, 4) is 0 Å². The van der Waals surface area contributed by atoms with Crippen LogP contribution >= 0.6 is 0 Å². The number of nitrogens with one attached hydrogen (secondary N) is 1. The minimum atomic E-state index is -0.203. The van der Waals surface area contributed by atoms with Gasteiger partial charge in [0.1, 0.15) is 0 Å². The summed E-state index contributed by atoms with van der Waals surface area (Å²) in [7, 11) is 0. The van der Waals surface area contributed by atoms with Crippen LogP contribution in [0.2, 0.25) is 0 Å². The molecule has 2 amide bonds. The number of benzene rings is 2. The van der Waals surface area contributed by atoms with Gasteiger partial charge in [0, 0.05) is 29.9 Å². The van der Waals surface area contributed by atoms with Gasteiger partial charge in [-0.05, 0) is 62.1 Å². The lowest BCUT2D eigenvalue weighted by Crippen LogP contribution is -2.32. The number of anilines is 1. The molecule has 2 rings (SSSR count). The molecule has 0 saturated heterocycles. The number of hydrogen-bond acceptors (Lipinski definition) is 2. The van der Waals surface area contributed by atoms with Gasteiger partial charge < -0.3 is 10.2 Å². The van der Waals surface area contributed by atoms with Gasteiger partial charge in [-0.2, -0.15) is 0 Å². The molecule has 4 nitrogen and oxygen atoms in total. The first-order valence-corrected chi connectivity index (χ1v) is 9.24. The molecule has 0 saturated carbocycles. The highest BCUT2D eigenvalue weighted by atomic mass is 16.2. The Labute approximate surface area is 156 Å². The number of carbonyl (C=O) groups excluding carboxylic acids is 2. The fourth-order valence-corrected chi connectivity index (χ4v) is 2.90. The monoisotopic (exact) mass is 352 g/mol. The van der Waals surface area contributed by atoms with Crippen molar-refractivity contribution in [3.63, 3.8) is 0 Å². The summed E-state index contributed by atoms with van der Waals surface area (Å²) in [5.74, 6) is -0.221. The van der Waals surface area contributed by atoms with E-state index in [1.165, 1.54) is 0 Å². The van der Waals surface area contributed by atoms with Crippen LogP contribution in [0.25, 0.3) is 0 Å². The van der Waals surface area contributed by atoms with Crippen molar-refractivity contribution in [2.45, 2.75) is 40.5 Å². The molecule has 0 heterocycles. The van der Waals surface area contributed by atoms with E-state index in [1.807, 2.05) is 36.9 Å². The lowest BCUT2D eigenvalue weighted by atomic mass is 10.1. The number of nitrogens with zero attached hydrogens (tertiary/aromatic N) is 1. The second-order valence-electron chi connectivity index (χ2n) is 6.65. The number of amides is 2. The fourth-order valence-electron chi connectivity index (χ4n) is 2.90. The summed E-state index contributed by atoms with van der Waals surface area (Å²) >= 11 is 0. The van der Waals surface area contributed by atoms with Gasteiger partial charge in [0.2, 0.25) is 0 Å². The van der Waals surface area contributed by atoms with E-state index in [0.29, 0.717) is 11.1 Å². The van der Waals surface area contributed by atoms with Crippen molar-refractivity contribution < 1.29 is 9.59 Å². The van der Waals surface area contributed by atoms with Crippen molar-refractivity contribution >= 4 is 17.5 Å². The first-order valence-electron chi connectivity index (χ1n) is 9.24. The van der Waals surface area contributed by atoms with E-state index in [-0.39, 0.29) is 11.8 Å². The molecular formula is C22H28N2O2. The number of rotatable bonds is 7.